The van der Waals surface area contributed by atoms with Gasteiger partial charge in [0.2, 0.25) is 0 Å². The average molecular weight is 485 g/mol. The van der Waals surface area contributed by atoms with Gasteiger partial charge < -0.3 is 9.84 Å². The van der Waals surface area contributed by atoms with Crippen molar-refractivity contribution in [3.63, 3.8) is 0 Å². The summed E-state index contributed by atoms with van der Waals surface area (Å²) in [6.07, 6.45) is 0.867. The van der Waals surface area contributed by atoms with Gasteiger partial charge in [0.1, 0.15) is 6.61 Å². The quantitative estimate of drug-likeness (QED) is 0.307. The van der Waals surface area contributed by atoms with Gasteiger partial charge >= 0.3 is 12.1 Å². The van der Waals surface area contributed by atoms with Crippen molar-refractivity contribution in [3.05, 3.63) is 95.7 Å². The van der Waals surface area contributed by atoms with Crippen molar-refractivity contribution in [1.29, 1.82) is 0 Å². The molecule has 4 aromatic rings. The molecule has 0 saturated heterocycles. The zero-order chi connectivity index (χ0) is 24.4. The molecular formula is C28H24N2O4S. The topological polar surface area (TPSA) is 88.5 Å². The minimum Gasteiger partial charge on any atom is -0.481 e. The molecule has 3 aromatic carbocycles. The maximum absolute atomic E-state index is 12.4. The zero-order valence-corrected chi connectivity index (χ0v) is 20.0. The summed E-state index contributed by atoms with van der Waals surface area (Å²) in [6.45, 7) is 2.05. The first-order valence-electron chi connectivity index (χ1n) is 11.3. The number of carboxylic acid groups (broad SMARTS) is 1. The fourth-order valence-corrected chi connectivity index (χ4v) is 4.97. The van der Waals surface area contributed by atoms with Crippen LogP contribution in [0.4, 0.5) is 10.5 Å². The summed E-state index contributed by atoms with van der Waals surface area (Å²) < 4.78 is 9.79. The molecule has 1 aliphatic rings. The lowest BCUT2D eigenvalue weighted by molar-refractivity contribution is -0.140. The Morgan fingerprint density at radius 1 is 0.943 bits per heavy atom. The lowest BCUT2D eigenvalue weighted by Crippen LogP contribution is -2.19. The van der Waals surface area contributed by atoms with E-state index in [1.165, 1.54) is 11.5 Å². The molecule has 1 aromatic heterocycles. The van der Waals surface area contributed by atoms with E-state index in [9.17, 15) is 14.7 Å². The van der Waals surface area contributed by atoms with Crippen molar-refractivity contribution in [2.75, 3.05) is 5.32 Å². The summed E-state index contributed by atoms with van der Waals surface area (Å²) in [6, 6.07) is 25.3. The number of aliphatic carboxylic acids is 1. The highest BCUT2D eigenvalue weighted by molar-refractivity contribution is 7.10. The van der Waals surface area contributed by atoms with Crippen molar-refractivity contribution in [1.82, 2.24) is 4.37 Å². The fourth-order valence-electron chi connectivity index (χ4n) is 4.12. The highest BCUT2D eigenvalue weighted by Gasteiger charge is 2.51. The first-order chi connectivity index (χ1) is 17.0. The number of rotatable bonds is 7. The Balaban J connectivity index is 1.29. The summed E-state index contributed by atoms with van der Waals surface area (Å²) in [7, 11) is 0. The molecule has 176 valence electrons. The molecule has 1 heterocycles. The first kappa shape index (κ1) is 22.8. The maximum Gasteiger partial charge on any atom is 0.412 e. The van der Waals surface area contributed by atoms with Crippen molar-refractivity contribution in [2.45, 2.75) is 31.8 Å². The molecule has 0 bridgehead atoms. The first-order valence-corrected chi connectivity index (χ1v) is 12.1. The number of carbonyl (C=O) groups excluding carboxylic acids is 1. The summed E-state index contributed by atoms with van der Waals surface area (Å²) in [5, 5.41) is 12.4. The Morgan fingerprint density at radius 3 is 2.14 bits per heavy atom. The molecule has 5 rings (SSSR count). The molecule has 1 fully saturated rings. The predicted octanol–water partition coefficient (Wildman–Crippen LogP) is 6.65. The van der Waals surface area contributed by atoms with E-state index in [1.54, 1.807) is 0 Å². The minimum atomic E-state index is -0.747. The van der Waals surface area contributed by atoms with Gasteiger partial charge in [-0.1, -0.05) is 78.9 Å². The Labute approximate surface area is 207 Å². The van der Waals surface area contributed by atoms with E-state index < -0.39 is 17.5 Å². The van der Waals surface area contributed by atoms with Crippen LogP contribution in [-0.2, 0) is 21.6 Å². The van der Waals surface area contributed by atoms with Gasteiger partial charge in [-0.05, 0) is 59.1 Å². The van der Waals surface area contributed by atoms with Gasteiger partial charge in [-0.3, -0.25) is 10.1 Å². The van der Waals surface area contributed by atoms with Gasteiger partial charge in [0.05, 0.1) is 21.7 Å². The summed E-state index contributed by atoms with van der Waals surface area (Å²) in [4.78, 5) is 24.8. The van der Waals surface area contributed by atoms with Gasteiger partial charge in [0.15, 0.2) is 0 Å². The second-order valence-electron chi connectivity index (χ2n) is 8.70. The van der Waals surface area contributed by atoms with Crippen LogP contribution in [0.25, 0.3) is 21.6 Å². The summed E-state index contributed by atoms with van der Waals surface area (Å²) in [5.74, 6) is -0.747. The lowest BCUT2D eigenvalue weighted by Gasteiger charge is -2.11. The molecule has 0 unspecified atom stereocenters. The second-order valence-corrected chi connectivity index (χ2v) is 9.47. The molecule has 6 nitrogen and oxygen atoms in total. The molecule has 0 spiro atoms. The van der Waals surface area contributed by atoms with Crippen LogP contribution in [0.15, 0.2) is 78.9 Å². The monoisotopic (exact) mass is 484 g/mol. The van der Waals surface area contributed by atoms with Gasteiger partial charge in [-0.2, -0.15) is 4.37 Å². The van der Waals surface area contributed by atoms with E-state index in [4.69, 9.17) is 4.74 Å². The number of benzene rings is 3. The SMILES string of the molecule is Cc1nsc(-c2ccc(-c3ccc(C4(C(=O)O)CC4)cc3)cc2)c1NC(=O)OCc1ccccc1. The van der Waals surface area contributed by atoms with Crippen LogP contribution in [0.2, 0.25) is 0 Å². The number of carboxylic acids is 1. The molecule has 1 aliphatic carbocycles. The molecule has 1 amide bonds. The van der Waals surface area contributed by atoms with Crippen molar-refractivity contribution in [2.24, 2.45) is 0 Å². The number of nitrogens with one attached hydrogen (secondary N) is 1. The van der Waals surface area contributed by atoms with Crippen LogP contribution in [0.5, 0.6) is 0 Å². The van der Waals surface area contributed by atoms with Crippen LogP contribution < -0.4 is 5.32 Å². The van der Waals surface area contributed by atoms with E-state index in [1.807, 2.05) is 85.8 Å². The Bertz CT molecular complexity index is 1360. The number of amides is 1. The number of anilines is 1. The third kappa shape index (κ3) is 4.68. The highest BCUT2D eigenvalue weighted by atomic mass is 32.1. The highest BCUT2D eigenvalue weighted by Crippen LogP contribution is 2.48. The van der Waals surface area contributed by atoms with Gasteiger partial charge in [0, 0.05) is 0 Å². The maximum atomic E-state index is 12.4. The smallest absolute Gasteiger partial charge is 0.412 e. The standard InChI is InChI=1S/C28H24N2O4S/c1-18-24(29-27(33)34-17-19-5-3-2-4-6-19)25(35-30-18)22-9-7-20(8-10-22)21-11-13-23(14-12-21)28(15-16-28)26(31)32/h2-14H,15-17H2,1H3,(H,29,33)(H,31,32). The Kier molecular flexibility index (Phi) is 6.09. The van der Waals surface area contributed by atoms with Gasteiger partial charge in [-0.25, -0.2) is 4.79 Å². The lowest BCUT2D eigenvalue weighted by atomic mass is 9.93. The van der Waals surface area contributed by atoms with Crippen molar-refractivity contribution in [3.8, 4) is 21.6 Å². The van der Waals surface area contributed by atoms with Crippen LogP contribution in [-0.4, -0.2) is 21.5 Å². The summed E-state index contributed by atoms with van der Waals surface area (Å²) in [5.41, 5.74) is 5.45. The Hall–Kier alpha value is -3.97. The average Bonchev–Trinajstić information content (AvgIpc) is 3.63. The molecule has 0 aliphatic heterocycles. The number of carbonyl (C=O) groups is 2. The molecule has 0 atom stereocenters. The van der Waals surface area contributed by atoms with E-state index in [2.05, 4.69) is 9.69 Å². The van der Waals surface area contributed by atoms with Gasteiger partial charge in [-0.15, -0.1) is 0 Å². The van der Waals surface area contributed by atoms with E-state index in [0.29, 0.717) is 18.5 Å². The van der Waals surface area contributed by atoms with Crippen molar-refractivity contribution >= 4 is 29.3 Å². The molecular weight excluding hydrogens is 460 g/mol. The van der Waals surface area contributed by atoms with Crippen LogP contribution >= 0.6 is 11.5 Å². The number of hydrogen-bond donors (Lipinski definition) is 2. The van der Waals surface area contributed by atoms with Crippen LogP contribution in [0.3, 0.4) is 0 Å². The fraction of sp³-hybridized carbons (Fsp3) is 0.179. The third-order valence-electron chi connectivity index (χ3n) is 6.38. The normalized spacial score (nSPS) is 13.7. The van der Waals surface area contributed by atoms with E-state index in [-0.39, 0.29) is 6.61 Å². The largest absolute Gasteiger partial charge is 0.481 e. The number of ether oxygens (including phenoxy) is 1. The predicted molar refractivity (Wildman–Crippen MR) is 137 cm³/mol. The minimum absolute atomic E-state index is 0.194. The number of hydrogen-bond acceptors (Lipinski definition) is 5. The Morgan fingerprint density at radius 2 is 1.54 bits per heavy atom. The van der Waals surface area contributed by atoms with Crippen molar-refractivity contribution < 1.29 is 19.4 Å². The van der Waals surface area contributed by atoms with E-state index >= 15 is 0 Å². The molecule has 2 N–H and O–H groups in total. The van der Waals surface area contributed by atoms with Crippen LogP contribution in [0, 0.1) is 6.92 Å². The van der Waals surface area contributed by atoms with E-state index in [0.717, 1.165) is 38.4 Å². The van der Waals surface area contributed by atoms with Crippen LogP contribution in [0.1, 0.15) is 29.7 Å². The molecule has 0 radical (unpaired) electrons. The second kappa shape index (κ2) is 9.35. The molecule has 1 saturated carbocycles. The number of nitrogens with zero attached hydrogens (tertiary/aromatic N) is 1. The third-order valence-corrected chi connectivity index (χ3v) is 7.37. The molecule has 35 heavy (non-hydrogen) atoms. The molecule has 7 heteroatoms. The number of aromatic nitrogens is 1. The zero-order valence-electron chi connectivity index (χ0n) is 19.2. The summed E-state index contributed by atoms with van der Waals surface area (Å²) >= 11 is 1.33. The van der Waals surface area contributed by atoms with Gasteiger partial charge in [0.25, 0.3) is 0 Å². The number of aryl methyl sites for hydroxylation is 1.